The number of sulfonamides is 1. The second-order valence-electron chi connectivity index (χ2n) is 7.16. The summed E-state index contributed by atoms with van der Waals surface area (Å²) in [6.45, 7) is 1.43. The number of rotatable bonds is 5. The summed E-state index contributed by atoms with van der Waals surface area (Å²) in [5.41, 5.74) is 1.22. The molecule has 0 unspecified atom stereocenters. The average molecular weight is 447 g/mol. The van der Waals surface area contributed by atoms with E-state index in [0.717, 1.165) is 5.56 Å². The summed E-state index contributed by atoms with van der Waals surface area (Å²) in [5, 5.41) is 11.2. The van der Waals surface area contributed by atoms with Crippen molar-refractivity contribution in [2.45, 2.75) is 11.3 Å². The number of hydrogen-bond acceptors (Lipinski definition) is 7. The molecule has 2 aromatic rings. The van der Waals surface area contributed by atoms with E-state index in [2.05, 4.69) is 0 Å². The highest BCUT2D eigenvalue weighted by Gasteiger charge is 2.32. The Morgan fingerprint density at radius 2 is 1.87 bits per heavy atom. The topological polar surface area (TPSA) is 119 Å². The summed E-state index contributed by atoms with van der Waals surface area (Å²) in [4.78, 5) is 25.4. The minimum atomic E-state index is -3.81. The van der Waals surface area contributed by atoms with Crippen molar-refractivity contribution in [2.75, 3.05) is 44.9 Å². The third kappa shape index (κ3) is 3.87. The highest BCUT2D eigenvalue weighted by Crippen LogP contribution is 2.35. The third-order valence-corrected chi connectivity index (χ3v) is 7.32. The summed E-state index contributed by atoms with van der Waals surface area (Å²) < 4.78 is 37.9. The first-order valence-electron chi connectivity index (χ1n) is 9.68. The van der Waals surface area contributed by atoms with Gasteiger partial charge in [-0.05, 0) is 30.2 Å². The van der Waals surface area contributed by atoms with Gasteiger partial charge in [-0.2, -0.15) is 4.31 Å². The van der Waals surface area contributed by atoms with Crippen molar-refractivity contribution < 1.29 is 27.6 Å². The van der Waals surface area contributed by atoms with Crippen LogP contribution >= 0.6 is 0 Å². The van der Waals surface area contributed by atoms with Crippen molar-refractivity contribution in [2.24, 2.45) is 0 Å². The fourth-order valence-corrected chi connectivity index (χ4v) is 5.22. The van der Waals surface area contributed by atoms with E-state index in [1.807, 2.05) is 0 Å². The third-order valence-electron chi connectivity index (χ3n) is 5.43. The van der Waals surface area contributed by atoms with E-state index in [4.69, 9.17) is 9.47 Å². The molecule has 0 radical (unpaired) electrons. The van der Waals surface area contributed by atoms with Crippen LogP contribution in [-0.2, 0) is 21.2 Å². The van der Waals surface area contributed by atoms with Gasteiger partial charge in [0.25, 0.3) is 11.6 Å². The second-order valence-corrected chi connectivity index (χ2v) is 9.09. The number of anilines is 1. The van der Waals surface area contributed by atoms with E-state index in [1.165, 1.54) is 46.6 Å². The number of nitro groups is 1. The van der Waals surface area contributed by atoms with Gasteiger partial charge < -0.3 is 14.4 Å². The van der Waals surface area contributed by atoms with E-state index in [-0.39, 0.29) is 35.0 Å². The maximum Gasteiger partial charge on any atom is 0.271 e. The molecule has 0 saturated carbocycles. The molecule has 0 aromatic heterocycles. The Bertz CT molecular complexity index is 1140. The zero-order valence-electron chi connectivity index (χ0n) is 16.8. The van der Waals surface area contributed by atoms with Gasteiger partial charge in [0.15, 0.2) is 0 Å². The Labute approximate surface area is 179 Å². The predicted octanol–water partition coefficient (Wildman–Crippen LogP) is 1.83. The van der Waals surface area contributed by atoms with Crippen molar-refractivity contribution in [3.8, 4) is 5.75 Å². The molecule has 2 aliphatic heterocycles. The number of amides is 1. The minimum absolute atomic E-state index is 0.0167. The molecular weight excluding hydrogens is 426 g/mol. The van der Waals surface area contributed by atoms with Crippen LogP contribution < -0.4 is 9.64 Å². The number of carbonyl (C=O) groups excluding carboxylic acids is 1. The Morgan fingerprint density at radius 1 is 1.13 bits per heavy atom. The summed E-state index contributed by atoms with van der Waals surface area (Å²) in [6.07, 6.45) is 0.549. The van der Waals surface area contributed by atoms with Crippen LogP contribution in [-0.4, -0.2) is 63.5 Å². The molecule has 11 heteroatoms. The van der Waals surface area contributed by atoms with Crippen LogP contribution in [0.5, 0.6) is 5.75 Å². The fourth-order valence-electron chi connectivity index (χ4n) is 3.79. The van der Waals surface area contributed by atoms with Crippen LogP contribution in [0.15, 0.2) is 41.3 Å². The molecule has 2 aliphatic rings. The summed E-state index contributed by atoms with van der Waals surface area (Å²) in [7, 11) is -2.41. The number of morpholine rings is 1. The lowest BCUT2D eigenvalue weighted by molar-refractivity contribution is -0.384. The standard InChI is InChI=1S/C20H21N3O7S/c1-29-19-5-4-16(31(27,28)21-8-10-30-11-9-21)13-17(19)20(24)22-7-6-14-2-3-15(23(25)26)12-18(14)22/h2-5,12-13H,6-11H2,1H3. The molecule has 10 nitrogen and oxygen atoms in total. The molecule has 31 heavy (non-hydrogen) atoms. The summed E-state index contributed by atoms with van der Waals surface area (Å²) >= 11 is 0. The molecule has 0 atom stereocenters. The predicted molar refractivity (Wildman–Crippen MR) is 111 cm³/mol. The molecule has 0 aliphatic carbocycles. The molecule has 1 fully saturated rings. The highest BCUT2D eigenvalue weighted by atomic mass is 32.2. The van der Waals surface area contributed by atoms with Gasteiger partial charge in [0.1, 0.15) is 5.75 Å². The highest BCUT2D eigenvalue weighted by molar-refractivity contribution is 7.89. The number of nitrogens with zero attached hydrogens (tertiary/aromatic N) is 3. The second kappa shape index (κ2) is 8.25. The number of ether oxygens (including phenoxy) is 2. The van der Waals surface area contributed by atoms with Gasteiger partial charge in [-0.3, -0.25) is 14.9 Å². The summed E-state index contributed by atoms with van der Waals surface area (Å²) in [5.74, 6) is -0.250. The van der Waals surface area contributed by atoms with Crippen molar-refractivity contribution in [1.29, 1.82) is 0 Å². The normalized spacial score (nSPS) is 16.7. The fraction of sp³-hybridized carbons (Fsp3) is 0.350. The van der Waals surface area contributed by atoms with Gasteiger partial charge in [0, 0.05) is 31.8 Å². The Hall–Kier alpha value is -3.02. The first-order chi connectivity index (χ1) is 14.8. The average Bonchev–Trinajstić information content (AvgIpc) is 3.22. The number of non-ortho nitro benzene ring substituents is 1. The lowest BCUT2D eigenvalue weighted by Gasteiger charge is -2.26. The monoisotopic (exact) mass is 447 g/mol. The Balaban J connectivity index is 1.72. The first kappa shape index (κ1) is 21.2. The largest absolute Gasteiger partial charge is 0.496 e. The van der Waals surface area contributed by atoms with Crippen molar-refractivity contribution in [1.82, 2.24) is 4.31 Å². The quantitative estimate of drug-likeness (QED) is 0.507. The van der Waals surface area contributed by atoms with Gasteiger partial charge in [-0.1, -0.05) is 6.07 Å². The molecule has 1 amide bonds. The molecular formula is C20H21N3O7S. The number of nitro benzene ring substituents is 1. The smallest absolute Gasteiger partial charge is 0.271 e. The van der Waals surface area contributed by atoms with Crippen LogP contribution in [0.25, 0.3) is 0 Å². The van der Waals surface area contributed by atoms with Gasteiger partial charge in [-0.15, -0.1) is 0 Å². The number of fused-ring (bicyclic) bond motifs is 1. The zero-order chi connectivity index (χ0) is 22.2. The van der Waals surface area contributed by atoms with E-state index in [9.17, 15) is 23.3 Å². The van der Waals surface area contributed by atoms with Gasteiger partial charge in [-0.25, -0.2) is 8.42 Å². The minimum Gasteiger partial charge on any atom is -0.496 e. The molecule has 0 spiro atoms. The van der Waals surface area contributed by atoms with E-state index < -0.39 is 20.9 Å². The van der Waals surface area contributed by atoms with Gasteiger partial charge in [0.05, 0.1) is 41.4 Å². The Morgan fingerprint density at radius 3 is 2.55 bits per heavy atom. The molecule has 0 bridgehead atoms. The van der Waals surface area contributed by atoms with Crippen LogP contribution in [0.3, 0.4) is 0 Å². The molecule has 4 rings (SSSR count). The van der Waals surface area contributed by atoms with Gasteiger partial charge >= 0.3 is 0 Å². The van der Waals surface area contributed by atoms with Crippen LogP contribution in [0.4, 0.5) is 11.4 Å². The van der Waals surface area contributed by atoms with Crippen LogP contribution in [0.2, 0.25) is 0 Å². The van der Waals surface area contributed by atoms with E-state index in [1.54, 1.807) is 6.07 Å². The number of benzene rings is 2. The van der Waals surface area contributed by atoms with Crippen LogP contribution in [0.1, 0.15) is 15.9 Å². The summed E-state index contributed by atoms with van der Waals surface area (Å²) in [6, 6.07) is 8.57. The van der Waals surface area contributed by atoms with Crippen LogP contribution in [0, 0.1) is 10.1 Å². The number of carbonyl (C=O) groups is 1. The molecule has 0 N–H and O–H groups in total. The number of methoxy groups -OCH3 is 1. The van der Waals surface area contributed by atoms with E-state index in [0.29, 0.717) is 31.9 Å². The SMILES string of the molecule is COc1ccc(S(=O)(=O)N2CCOCC2)cc1C(=O)N1CCc2ccc([N+](=O)[O-])cc21. The van der Waals surface area contributed by atoms with Gasteiger partial charge in [0.2, 0.25) is 10.0 Å². The Kier molecular flexibility index (Phi) is 5.65. The lowest BCUT2D eigenvalue weighted by atomic mass is 10.1. The molecule has 2 aromatic carbocycles. The van der Waals surface area contributed by atoms with Crippen molar-refractivity contribution in [3.05, 3.63) is 57.6 Å². The maximum atomic E-state index is 13.4. The number of hydrogen-bond donors (Lipinski definition) is 0. The lowest BCUT2D eigenvalue weighted by Crippen LogP contribution is -2.40. The zero-order valence-corrected chi connectivity index (χ0v) is 17.6. The van der Waals surface area contributed by atoms with Crippen molar-refractivity contribution >= 4 is 27.3 Å². The first-order valence-corrected chi connectivity index (χ1v) is 11.1. The molecule has 1 saturated heterocycles. The molecule has 2 heterocycles. The molecule has 164 valence electrons. The maximum absolute atomic E-state index is 13.4. The van der Waals surface area contributed by atoms with Crippen molar-refractivity contribution in [3.63, 3.8) is 0 Å². The van der Waals surface area contributed by atoms with E-state index >= 15 is 0 Å².